The van der Waals surface area contributed by atoms with Gasteiger partial charge in [0, 0.05) is 117 Å². The molecule has 0 bridgehead atoms. The number of nitrogens with zero attached hydrogens (tertiary/aromatic N) is 4. The Balaban J connectivity index is 0. The molecule has 0 spiro atoms. The molecule has 0 aliphatic heterocycles. The summed E-state index contributed by atoms with van der Waals surface area (Å²) >= 11 is 0. The van der Waals surface area contributed by atoms with Gasteiger partial charge in [0.15, 0.2) is 0 Å². The zero-order valence-electron chi connectivity index (χ0n) is 6.52. The van der Waals surface area contributed by atoms with E-state index in [4.69, 9.17) is 0 Å². The van der Waals surface area contributed by atoms with Crippen LogP contribution in [-0.2, 0) is 130 Å². The molecule has 0 saturated heterocycles. The standard InChI is InChI=1S/3Al.4N.6Ti/q;;;4*-3;;;;3*+4. The fourth-order valence-electron chi connectivity index (χ4n) is 0. The van der Waals surface area contributed by atoms with Gasteiger partial charge in [0.05, 0.1) is 0 Å². The molecule has 4 nitrogen and oxygen atoms in total. The zero-order valence-corrected chi connectivity index (χ0v) is 19.4. The number of hydrogen-bond donors (Lipinski definition) is 0. The van der Waals surface area contributed by atoms with Gasteiger partial charge in [-0.25, -0.2) is 0 Å². The van der Waals surface area contributed by atoms with Gasteiger partial charge in [0.25, 0.3) is 0 Å². The third-order valence-corrected chi connectivity index (χ3v) is 0. The minimum Gasteiger partial charge on any atom is -3.00 e. The van der Waals surface area contributed by atoms with Gasteiger partial charge >= 0.3 is 65.2 Å². The van der Waals surface area contributed by atoms with Crippen molar-refractivity contribution in [1.29, 1.82) is 0 Å². The van der Waals surface area contributed by atoms with Gasteiger partial charge in [-0.2, -0.15) is 0 Å². The fraction of sp³-hybridized carbons (Fsp3) is 0. The first-order valence-corrected chi connectivity index (χ1v) is 0. The Kier molecular flexibility index (Phi) is 2090. The molecule has 0 rings (SSSR count). The van der Waals surface area contributed by atoms with Crippen molar-refractivity contribution in [2.24, 2.45) is 0 Å². The molecule has 0 atom stereocenters. The Bertz CT molecular complexity index is 19.8. The van der Waals surface area contributed by atoms with E-state index in [1.54, 1.807) is 0 Å². The molecule has 0 unspecified atom stereocenters. The van der Waals surface area contributed by atoms with Gasteiger partial charge in [0.2, 0.25) is 0 Å². The average molecular weight is 424 g/mol. The second-order valence-electron chi connectivity index (χ2n) is 0. The maximum absolute atomic E-state index is 0. The van der Waals surface area contributed by atoms with Crippen molar-refractivity contribution in [3.05, 3.63) is 24.6 Å². The van der Waals surface area contributed by atoms with Crippen LogP contribution in [0.4, 0.5) is 0 Å². The molecule has 0 N–H and O–H groups in total. The van der Waals surface area contributed by atoms with Gasteiger partial charge in [-0.15, -0.1) is 0 Å². The number of hydrogen-bond acceptors (Lipinski definition) is 0. The molecule has 0 aliphatic rings. The van der Waals surface area contributed by atoms with E-state index in [0.717, 1.165) is 0 Å². The second-order valence-corrected chi connectivity index (χ2v) is 0. The molecule has 0 heterocycles. The summed E-state index contributed by atoms with van der Waals surface area (Å²) in [5.41, 5.74) is 0. The van der Waals surface area contributed by atoms with E-state index in [-0.39, 0.29) is 207 Å². The molecule has 13 heteroatoms. The summed E-state index contributed by atoms with van der Waals surface area (Å²) < 4.78 is 0. The van der Waals surface area contributed by atoms with Gasteiger partial charge in [-0.05, 0) is 0 Å². The first kappa shape index (κ1) is 180. The molecular weight excluding hydrogens is 424 g/mol. The van der Waals surface area contributed by atoms with Gasteiger partial charge < -0.3 is 24.6 Å². The normalized spacial score (nSPS) is 0. The third-order valence-electron chi connectivity index (χ3n) is 0. The van der Waals surface area contributed by atoms with Crippen LogP contribution in [0.25, 0.3) is 24.6 Å². The monoisotopic (exact) mass is 425 g/mol. The number of rotatable bonds is 0. The van der Waals surface area contributed by atoms with Crippen LogP contribution in [-0.4, -0.2) is 52.1 Å². The summed E-state index contributed by atoms with van der Waals surface area (Å²) in [6.07, 6.45) is 0. The SMILES string of the molecule is [Al].[Al].[Al].[N-3].[N-3].[N-3].[N-3].[Ti+4].[Ti+4].[Ti+4].[Ti].[Ti].[Ti]. The van der Waals surface area contributed by atoms with Crippen molar-refractivity contribution in [1.82, 2.24) is 0 Å². The van der Waals surface area contributed by atoms with Crippen molar-refractivity contribution in [2.45, 2.75) is 0 Å². The first-order valence-electron chi connectivity index (χ1n) is 0. The van der Waals surface area contributed by atoms with Crippen LogP contribution in [0.15, 0.2) is 0 Å². The van der Waals surface area contributed by atoms with E-state index in [2.05, 4.69) is 0 Å². The van der Waals surface area contributed by atoms with E-state index in [9.17, 15) is 0 Å². The van der Waals surface area contributed by atoms with Crippen LogP contribution in [0.2, 0.25) is 0 Å². The average Bonchev–Trinajstić information content (AvgIpc) is 0. The van der Waals surface area contributed by atoms with Crippen LogP contribution < -0.4 is 0 Å². The molecule has 0 aromatic rings. The summed E-state index contributed by atoms with van der Waals surface area (Å²) in [6.45, 7) is 0. The third kappa shape index (κ3) is 134. The second kappa shape index (κ2) is 151. The molecule has 0 amide bonds. The summed E-state index contributed by atoms with van der Waals surface area (Å²) in [5.74, 6) is 0. The van der Waals surface area contributed by atoms with E-state index in [1.807, 2.05) is 0 Å². The molecule has 9 radical (unpaired) electrons. The van der Waals surface area contributed by atoms with Crippen molar-refractivity contribution < 1.29 is 130 Å². The largest absolute Gasteiger partial charge is 4.00 e. The predicted octanol–water partition coefficient (Wildman–Crippen LogP) is -0.00260. The maximum Gasteiger partial charge on any atom is 4.00 e. The van der Waals surface area contributed by atoms with Crippen LogP contribution in [0.1, 0.15) is 0 Å². The van der Waals surface area contributed by atoms with Crippen LogP contribution in [0.3, 0.4) is 0 Å². The molecule has 53 valence electrons. The summed E-state index contributed by atoms with van der Waals surface area (Å²) in [7, 11) is 0. The van der Waals surface area contributed by atoms with E-state index < -0.39 is 0 Å². The first-order chi connectivity index (χ1) is 0. The van der Waals surface area contributed by atoms with Gasteiger partial charge in [-0.3, -0.25) is 0 Å². The summed E-state index contributed by atoms with van der Waals surface area (Å²) in [5, 5.41) is 0. The fourth-order valence-corrected chi connectivity index (χ4v) is 0. The van der Waals surface area contributed by atoms with Crippen molar-refractivity contribution in [2.75, 3.05) is 0 Å². The molecule has 0 aliphatic carbocycles. The van der Waals surface area contributed by atoms with E-state index >= 15 is 0 Å². The molecule has 0 saturated carbocycles. The Hall–Kier alpha value is 5.72. The summed E-state index contributed by atoms with van der Waals surface area (Å²) in [4.78, 5) is 0. The minimum absolute atomic E-state index is 0. The summed E-state index contributed by atoms with van der Waals surface area (Å²) in [6, 6.07) is 0. The zero-order chi connectivity index (χ0) is 0. The Morgan fingerprint density at radius 3 is 0.308 bits per heavy atom. The quantitative estimate of drug-likeness (QED) is 0.486. The molecule has 0 aromatic carbocycles. The van der Waals surface area contributed by atoms with Crippen molar-refractivity contribution >= 4 is 52.1 Å². The predicted molar refractivity (Wildman–Crippen MR) is 30.7 cm³/mol. The van der Waals surface area contributed by atoms with Crippen LogP contribution in [0.5, 0.6) is 0 Å². The van der Waals surface area contributed by atoms with Crippen LogP contribution >= 0.6 is 0 Å². The molecular formula is Al3N4Ti6. The van der Waals surface area contributed by atoms with Crippen LogP contribution in [0, 0.1) is 0 Å². The molecule has 0 aromatic heterocycles. The van der Waals surface area contributed by atoms with Gasteiger partial charge in [0.1, 0.15) is 0 Å². The van der Waals surface area contributed by atoms with E-state index in [0.29, 0.717) is 0 Å². The van der Waals surface area contributed by atoms with E-state index in [1.165, 1.54) is 0 Å². The molecule has 13 heavy (non-hydrogen) atoms. The smallest absolute Gasteiger partial charge is 3.00 e. The maximum atomic E-state index is 0. The Morgan fingerprint density at radius 1 is 0.308 bits per heavy atom. The minimum atomic E-state index is 0. The Morgan fingerprint density at radius 2 is 0.308 bits per heavy atom. The topological polar surface area (TPSA) is 122 Å². The van der Waals surface area contributed by atoms with Crippen molar-refractivity contribution in [3.63, 3.8) is 0 Å². The van der Waals surface area contributed by atoms with Crippen molar-refractivity contribution in [3.8, 4) is 0 Å². The van der Waals surface area contributed by atoms with Gasteiger partial charge in [-0.1, -0.05) is 0 Å². The Labute approximate surface area is 203 Å². The molecule has 0 fully saturated rings.